The molecule has 0 aliphatic heterocycles. The van der Waals surface area contributed by atoms with Crippen molar-refractivity contribution in [1.82, 2.24) is 4.98 Å². The van der Waals surface area contributed by atoms with Crippen LogP contribution in [0.15, 0.2) is 6.07 Å². The summed E-state index contributed by atoms with van der Waals surface area (Å²) in [6, 6.07) is 0.461. The van der Waals surface area contributed by atoms with Crippen LogP contribution in [0.3, 0.4) is 0 Å². The van der Waals surface area contributed by atoms with Crippen molar-refractivity contribution in [3.63, 3.8) is 0 Å². The topological polar surface area (TPSA) is 57.2 Å². The Balaban J connectivity index is 2.95. The lowest BCUT2D eigenvalue weighted by Gasteiger charge is -2.16. The first-order valence-electron chi connectivity index (χ1n) is 5.03. The number of halogens is 2. The van der Waals surface area contributed by atoms with E-state index in [0.717, 1.165) is 6.07 Å². The van der Waals surface area contributed by atoms with Crippen molar-refractivity contribution in [2.45, 2.75) is 19.4 Å². The molecule has 0 spiro atoms. The Kier molecular flexibility index (Phi) is 4.42. The van der Waals surface area contributed by atoms with Crippen LogP contribution in [0.25, 0.3) is 0 Å². The standard InChI is InChI=1S/C10H15F2N3O/c1-3-6(5-16)14-10-8(12)4-7(11)9(13-2)15-10/h4,6,16H,3,5H2,1-2H3,(H2,13,14,15). The molecule has 1 aromatic heterocycles. The number of nitrogens with one attached hydrogen (secondary N) is 2. The van der Waals surface area contributed by atoms with Gasteiger partial charge in [0.15, 0.2) is 23.3 Å². The lowest BCUT2D eigenvalue weighted by molar-refractivity contribution is 0.271. The fourth-order valence-corrected chi connectivity index (χ4v) is 1.21. The molecular formula is C10H15F2N3O. The van der Waals surface area contributed by atoms with Gasteiger partial charge in [-0.3, -0.25) is 0 Å². The Bertz CT molecular complexity index is 356. The summed E-state index contributed by atoms with van der Waals surface area (Å²) in [6.45, 7) is 1.71. The molecule has 90 valence electrons. The summed E-state index contributed by atoms with van der Waals surface area (Å²) >= 11 is 0. The molecule has 16 heavy (non-hydrogen) atoms. The lowest BCUT2D eigenvalue weighted by Crippen LogP contribution is -2.24. The highest BCUT2D eigenvalue weighted by Gasteiger charge is 2.13. The second kappa shape index (κ2) is 5.60. The normalized spacial score (nSPS) is 12.3. The Morgan fingerprint density at radius 1 is 1.38 bits per heavy atom. The third kappa shape index (κ3) is 2.79. The number of rotatable bonds is 5. The fraction of sp³-hybridized carbons (Fsp3) is 0.500. The molecule has 0 radical (unpaired) electrons. The van der Waals surface area contributed by atoms with Crippen LogP contribution >= 0.6 is 0 Å². The van der Waals surface area contributed by atoms with Crippen molar-refractivity contribution < 1.29 is 13.9 Å². The molecule has 1 atom stereocenters. The Hall–Kier alpha value is -1.43. The van der Waals surface area contributed by atoms with Crippen LogP contribution in [0.4, 0.5) is 20.4 Å². The van der Waals surface area contributed by atoms with Gasteiger partial charge in [-0.05, 0) is 6.42 Å². The summed E-state index contributed by atoms with van der Waals surface area (Å²) in [5.74, 6) is -1.62. The molecule has 1 heterocycles. The zero-order valence-electron chi connectivity index (χ0n) is 9.22. The predicted molar refractivity (Wildman–Crippen MR) is 58.5 cm³/mol. The van der Waals surface area contributed by atoms with Crippen LogP contribution in [-0.2, 0) is 0 Å². The fourth-order valence-electron chi connectivity index (χ4n) is 1.21. The molecule has 0 saturated heterocycles. The van der Waals surface area contributed by atoms with E-state index in [2.05, 4.69) is 15.6 Å². The van der Waals surface area contributed by atoms with E-state index < -0.39 is 11.6 Å². The maximum absolute atomic E-state index is 13.3. The first-order chi connectivity index (χ1) is 7.62. The molecule has 0 bridgehead atoms. The van der Waals surface area contributed by atoms with E-state index in [4.69, 9.17) is 5.11 Å². The monoisotopic (exact) mass is 231 g/mol. The lowest BCUT2D eigenvalue weighted by atomic mass is 10.2. The van der Waals surface area contributed by atoms with Crippen LogP contribution in [-0.4, -0.2) is 29.8 Å². The smallest absolute Gasteiger partial charge is 0.168 e. The first-order valence-corrected chi connectivity index (χ1v) is 5.03. The van der Waals surface area contributed by atoms with E-state index >= 15 is 0 Å². The van der Waals surface area contributed by atoms with Crippen molar-refractivity contribution in [3.05, 3.63) is 17.7 Å². The molecule has 0 aromatic carbocycles. The maximum atomic E-state index is 13.3. The molecule has 0 aliphatic rings. The van der Waals surface area contributed by atoms with Crippen molar-refractivity contribution in [3.8, 4) is 0 Å². The molecule has 6 heteroatoms. The van der Waals surface area contributed by atoms with Gasteiger partial charge in [-0.15, -0.1) is 0 Å². The summed E-state index contributed by atoms with van der Waals surface area (Å²) in [6.07, 6.45) is 0.615. The molecule has 1 rings (SSSR count). The van der Waals surface area contributed by atoms with E-state index in [1.807, 2.05) is 6.92 Å². The van der Waals surface area contributed by atoms with Crippen LogP contribution in [0.2, 0.25) is 0 Å². The van der Waals surface area contributed by atoms with Crippen molar-refractivity contribution in [2.75, 3.05) is 24.3 Å². The summed E-state index contributed by atoms with van der Waals surface area (Å²) in [4.78, 5) is 3.74. The SMILES string of the molecule is CCC(CO)Nc1nc(NC)c(F)cc1F. The highest BCUT2D eigenvalue weighted by atomic mass is 19.1. The van der Waals surface area contributed by atoms with E-state index in [9.17, 15) is 8.78 Å². The molecule has 0 fully saturated rings. The van der Waals surface area contributed by atoms with E-state index in [-0.39, 0.29) is 24.3 Å². The van der Waals surface area contributed by atoms with Gasteiger partial charge in [0.05, 0.1) is 12.6 Å². The quantitative estimate of drug-likeness (QED) is 0.720. The molecule has 0 aliphatic carbocycles. The Morgan fingerprint density at radius 3 is 2.50 bits per heavy atom. The second-order valence-electron chi connectivity index (χ2n) is 3.33. The zero-order chi connectivity index (χ0) is 12.1. The van der Waals surface area contributed by atoms with Gasteiger partial charge in [0, 0.05) is 13.1 Å². The summed E-state index contributed by atoms with van der Waals surface area (Å²) in [7, 11) is 1.50. The summed E-state index contributed by atoms with van der Waals surface area (Å²) < 4.78 is 26.4. The van der Waals surface area contributed by atoms with E-state index in [0.29, 0.717) is 6.42 Å². The van der Waals surface area contributed by atoms with Crippen LogP contribution in [0.5, 0.6) is 0 Å². The Labute approximate surface area is 92.7 Å². The number of aliphatic hydroxyl groups excluding tert-OH is 1. The number of aliphatic hydroxyl groups is 1. The van der Waals surface area contributed by atoms with Crippen LogP contribution < -0.4 is 10.6 Å². The average molecular weight is 231 g/mol. The van der Waals surface area contributed by atoms with Gasteiger partial charge in [-0.1, -0.05) is 6.92 Å². The van der Waals surface area contributed by atoms with Gasteiger partial charge in [-0.2, -0.15) is 0 Å². The number of hydrogen-bond donors (Lipinski definition) is 3. The molecule has 3 N–H and O–H groups in total. The van der Waals surface area contributed by atoms with Crippen LogP contribution in [0, 0.1) is 11.6 Å². The number of pyridine rings is 1. The minimum atomic E-state index is -0.775. The predicted octanol–water partition coefficient (Wildman–Crippen LogP) is 1.58. The summed E-state index contributed by atoms with van der Waals surface area (Å²) in [5.41, 5.74) is 0. The van der Waals surface area contributed by atoms with Gasteiger partial charge in [0.2, 0.25) is 0 Å². The van der Waals surface area contributed by atoms with Gasteiger partial charge in [-0.25, -0.2) is 13.8 Å². The maximum Gasteiger partial charge on any atom is 0.168 e. The largest absolute Gasteiger partial charge is 0.394 e. The molecular weight excluding hydrogens is 216 g/mol. The highest BCUT2D eigenvalue weighted by molar-refractivity contribution is 5.47. The zero-order valence-corrected chi connectivity index (χ0v) is 9.22. The third-order valence-corrected chi connectivity index (χ3v) is 2.22. The molecule has 1 aromatic rings. The van der Waals surface area contributed by atoms with Gasteiger partial charge < -0.3 is 15.7 Å². The highest BCUT2D eigenvalue weighted by Crippen LogP contribution is 2.19. The third-order valence-electron chi connectivity index (χ3n) is 2.22. The number of hydrogen-bond acceptors (Lipinski definition) is 4. The number of aromatic nitrogens is 1. The van der Waals surface area contributed by atoms with E-state index in [1.165, 1.54) is 7.05 Å². The number of nitrogens with zero attached hydrogens (tertiary/aromatic N) is 1. The van der Waals surface area contributed by atoms with E-state index in [1.54, 1.807) is 0 Å². The number of anilines is 2. The Morgan fingerprint density at radius 2 is 2.00 bits per heavy atom. The van der Waals surface area contributed by atoms with Crippen molar-refractivity contribution >= 4 is 11.6 Å². The van der Waals surface area contributed by atoms with Gasteiger partial charge in [0.1, 0.15) is 0 Å². The molecule has 0 amide bonds. The minimum absolute atomic E-state index is 0.0308. The molecule has 1 unspecified atom stereocenters. The molecule has 0 saturated carbocycles. The van der Waals surface area contributed by atoms with Crippen molar-refractivity contribution in [2.24, 2.45) is 0 Å². The first kappa shape index (κ1) is 12.6. The van der Waals surface area contributed by atoms with Gasteiger partial charge in [0.25, 0.3) is 0 Å². The second-order valence-corrected chi connectivity index (χ2v) is 3.33. The van der Waals surface area contributed by atoms with Crippen molar-refractivity contribution in [1.29, 1.82) is 0 Å². The summed E-state index contributed by atoms with van der Waals surface area (Å²) in [5, 5.41) is 14.2. The minimum Gasteiger partial charge on any atom is -0.394 e. The molecule has 4 nitrogen and oxygen atoms in total. The van der Waals surface area contributed by atoms with Gasteiger partial charge >= 0.3 is 0 Å². The average Bonchev–Trinajstić information content (AvgIpc) is 2.28. The van der Waals surface area contributed by atoms with Crippen LogP contribution in [0.1, 0.15) is 13.3 Å².